The first kappa shape index (κ1) is 15.4. The number of hydrogen-bond donors (Lipinski definition) is 2. The Balaban J connectivity index is 2.00. The number of ether oxygens (including phenoxy) is 1. The topological polar surface area (TPSA) is 50.4 Å². The summed E-state index contributed by atoms with van der Waals surface area (Å²) in [7, 11) is 1.67. The van der Waals surface area contributed by atoms with E-state index >= 15 is 0 Å². The minimum atomic E-state index is 0.103. The lowest BCUT2D eigenvalue weighted by molar-refractivity contribution is -0.121. The van der Waals surface area contributed by atoms with Crippen LogP contribution in [0.1, 0.15) is 51.9 Å². The number of nitrogens with one attached hydrogen (secondary N) is 2. The highest BCUT2D eigenvalue weighted by molar-refractivity contribution is 5.75. The van der Waals surface area contributed by atoms with Crippen molar-refractivity contribution in [2.45, 2.75) is 64.0 Å². The summed E-state index contributed by atoms with van der Waals surface area (Å²) in [5.74, 6) is 0.103. The number of carbonyl (C=O) groups excluding carboxylic acids is 1. The van der Waals surface area contributed by atoms with Crippen LogP contribution in [-0.2, 0) is 9.53 Å². The van der Waals surface area contributed by atoms with Gasteiger partial charge in [0.15, 0.2) is 0 Å². The Labute approximate surface area is 111 Å². The standard InChI is InChI=1S/C14H28N2O2/c1-3-10-16-12-6-8-13(9-7-12)18-11-4-5-14(17)15-2/h12-13,16H,3-11H2,1-2H3,(H,15,17). The molecule has 0 atom stereocenters. The molecule has 0 aromatic heterocycles. The van der Waals surface area contributed by atoms with Gasteiger partial charge in [-0.15, -0.1) is 0 Å². The Kier molecular flexibility index (Phi) is 8.01. The first-order valence-corrected chi connectivity index (χ1v) is 7.31. The first-order chi connectivity index (χ1) is 8.76. The molecule has 1 amide bonds. The molecular weight excluding hydrogens is 228 g/mol. The van der Waals surface area contributed by atoms with Crippen molar-refractivity contribution in [3.8, 4) is 0 Å². The van der Waals surface area contributed by atoms with E-state index in [2.05, 4.69) is 17.6 Å². The summed E-state index contributed by atoms with van der Waals surface area (Å²) >= 11 is 0. The van der Waals surface area contributed by atoms with E-state index in [0.717, 1.165) is 25.8 Å². The highest BCUT2D eigenvalue weighted by atomic mass is 16.5. The van der Waals surface area contributed by atoms with Gasteiger partial charge in [-0.2, -0.15) is 0 Å². The van der Waals surface area contributed by atoms with Crippen LogP contribution in [0.25, 0.3) is 0 Å². The van der Waals surface area contributed by atoms with Crippen LogP contribution in [0.3, 0.4) is 0 Å². The van der Waals surface area contributed by atoms with Crippen molar-refractivity contribution in [3.05, 3.63) is 0 Å². The van der Waals surface area contributed by atoms with Crippen molar-refractivity contribution in [3.63, 3.8) is 0 Å². The molecule has 1 aliphatic rings. The van der Waals surface area contributed by atoms with E-state index in [9.17, 15) is 4.79 Å². The molecule has 0 spiro atoms. The Morgan fingerprint density at radius 2 is 2.00 bits per heavy atom. The van der Waals surface area contributed by atoms with Gasteiger partial charge >= 0.3 is 0 Å². The van der Waals surface area contributed by atoms with E-state index in [4.69, 9.17) is 4.74 Å². The van der Waals surface area contributed by atoms with Gasteiger partial charge in [-0.1, -0.05) is 6.92 Å². The van der Waals surface area contributed by atoms with Crippen LogP contribution in [0.2, 0.25) is 0 Å². The van der Waals surface area contributed by atoms with Gasteiger partial charge < -0.3 is 15.4 Å². The molecule has 0 bridgehead atoms. The summed E-state index contributed by atoms with van der Waals surface area (Å²) in [5, 5.41) is 6.20. The molecule has 106 valence electrons. The molecule has 0 aromatic rings. The monoisotopic (exact) mass is 256 g/mol. The SMILES string of the molecule is CCCNC1CCC(OCCCC(=O)NC)CC1. The number of carbonyl (C=O) groups is 1. The summed E-state index contributed by atoms with van der Waals surface area (Å²) in [6.07, 6.45) is 7.77. The summed E-state index contributed by atoms with van der Waals surface area (Å²) in [6.45, 7) is 4.04. The normalized spacial score (nSPS) is 23.9. The molecular formula is C14H28N2O2. The highest BCUT2D eigenvalue weighted by Gasteiger charge is 2.20. The van der Waals surface area contributed by atoms with Gasteiger partial charge in [0.25, 0.3) is 0 Å². The largest absolute Gasteiger partial charge is 0.378 e. The second kappa shape index (κ2) is 9.34. The molecule has 0 saturated heterocycles. The van der Waals surface area contributed by atoms with E-state index in [1.807, 2.05) is 0 Å². The fourth-order valence-corrected chi connectivity index (χ4v) is 2.39. The predicted molar refractivity (Wildman–Crippen MR) is 73.6 cm³/mol. The third kappa shape index (κ3) is 6.36. The van der Waals surface area contributed by atoms with Crippen LogP contribution in [-0.4, -0.2) is 38.3 Å². The van der Waals surface area contributed by atoms with Crippen LogP contribution >= 0.6 is 0 Å². The Hall–Kier alpha value is -0.610. The van der Waals surface area contributed by atoms with Gasteiger partial charge in [0.2, 0.25) is 5.91 Å². The fourth-order valence-electron chi connectivity index (χ4n) is 2.39. The van der Waals surface area contributed by atoms with Gasteiger partial charge in [-0.05, 0) is 45.1 Å². The molecule has 4 heteroatoms. The van der Waals surface area contributed by atoms with Crippen LogP contribution in [0.15, 0.2) is 0 Å². The quantitative estimate of drug-likeness (QED) is 0.652. The van der Waals surface area contributed by atoms with Crippen molar-refractivity contribution >= 4 is 5.91 Å². The lowest BCUT2D eigenvalue weighted by Crippen LogP contribution is -2.35. The molecule has 1 fully saturated rings. The summed E-state index contributed by atoms with van der Waals surface area (Å²) in [5.41, 5.74) is 0. The Bertz CT molecular complexity index is 226. The van der Waals surface area contributed by atoms with Crippen molar-refractivity contribution in [1.29, 1.82) is 0 Å². The molecule has 1 rings (SSSR count). The van der Waals surface area contributed by atoms with Crippen LogP contribution in [0.5, 0.6) is 0 Å². The molecule has 18 heavy (non-hydrogen) atoms. The van der Waals surface area contributed by atoms with E-state index in [-0.39, 0.29) is 5.91 Å². The average molecular weight is 256 g/mol. The number of rotatable bonds is 8. The molecule has 1 saturated carbocycles. The van der Waals surface area contributed by atoms with E-state index in [1.54, 1.807) is 7.05 Å². The zero-order valence-electron chi connectivity index (χ0n) is 11.8. The van der Waals surface area contributed by atoms with E-state index in [0.29, 0.717) is 25.2 Å². The molecule has 0 heterocycles. The molecule has 0 aromatic carbocycles. The number of amides is 1. The highest BCUT2D eigenvalue weighted by Crippen LogP contribution is 2.21. The zero-order chi connectivity index (χ0) is 13.2. The van der Waals surface area contributed by atoms with E-state index < -0.39 is 0 Å². The zero-order valence-corrected chi connectivity index (χ0v) is 11.8. The van der Waals surface area contributed by atoms with Crippen molar-refractivity contribution in [2.24, 2.45) is 0 Å². The van der Waals surface area contributed by atoms with Crippen molar-refractivity contribution < 1.29 is 9.53 Å². The lowest BCUT2D eigenvalue weighted by atomic mass is 9.93. The molecule has 4 nitrogen and oxygen atoms in total. The maximum Gasteiger partial charge on any atom is 0.219 e. The van der Waals surface area contributed by atoms with Gasteiger partial charge in [0.05, 0.1) is 6.10 Å². The van der Waals surface area contributed by atoms with Gasteiger partial charge in [-0.25, -0.2) is 0 Å². The van der Waals surface area contributed by atoms with Gasteiger partial charge in [0.1, 0.15) is 0 Å². The maximum absolute atomic E-state index is 11.0. The van der Waals surface area contributed by atoms with Crippen LogP contribution < -0.4 is 10.6 Å². The smallest absolute Gasteiger partial charge is 0.219 e. The van der Waals surface area contributed by atoms with Crippen molar-refractivity contribution in [1.82, 2.24) is 10.6 Å². The third-order valence-electron chi connectivity index (χ3n) is 3.54. The molecule has 1 aliphatic carbocycles. The second-order valence-electron chi connectivity index (χ2n) is 5.08. The van der Waals surface area contributed by atoms with Gasteiger partial charge in [0, 0.05) is 26.1 Å². The van der Waals surface area contributed by atoms with Crippen LogP contribution in [0.4, 0.5) is 0 Å². The predicted octanol–water partition coefficient (Wildman–Crippen LogP) is 1.84. The number of hydrogen-bond acceptors (Lipinski definition) is 3. The molecule has 0 radical (unpaired) electrons. The molecule has 0 unspecified atom stereocenters. The van der Waals surface area contributed by atoms with Gasteiger partial charge in [-0.3, -0.25) is 4.79 Å². The average Bonchev–Trinajstić information content (AvgIpc) is 2.42. The molecule has 0 aliphatic heterocycles. The molecule has 2 N–H and O–H groups in total. The summed E-state index contributed by atoms with van der Waals surface area (Å²) < 4.78 is 5.82. The minimum Gasteiger partial charge on any atom is -0.378 e. The Morgan fingerprint density at radius 1 is 1.28 bits per heavy atom. The second-order valence-corrected chi connectivity index (χ2v) is 5.08. The summed E-state index contributed by atoms with van der Waals surface area (Å²) in [4.78, 5) is 11.0. The first-order valence-electron chi connectivity index (χ1n) is 7.31. The lowest BCUT2D eigenvalue weighted by Gasteiger charge is -2.29. The van der Waals surface area contributed by atoms with Crippen LogP contribution in [0, 0.1) is 0 Å². The van der Waals surface area contributed by atoms with E-state index in [1.165, 1.54) is 19.3 Å². The fraction of sp³-hybridized carbons (Fsp3) is 0.929. The summed E-state index contributed by atoms with van der Waals surface area (Å²) in [6, 6.07) is 0.690. The van der Waals surface area contributed by atoms with Crippen molar-refractivity contribution in [2.75, 3.05) is 20.2 Å². The maximum atomic E-state index is 11.0. The minimum absolute atomic E-state index is 0.103. The Morgan fingerprint density at radius 3 is 2.61 bits per heavy atom. The third-order valence-corrected chi connectivity index (χ3v) is 3.54.